The predicted molar refractivity (Wildman–Crippen MR) is 45.5 cm³/mol. The molecule has 0 heterocycles. The van der Waals surface area contributed by atoms with E-state index < -0.39 is 19.7 Å². The average molecular weight is 380 g/mol. The molecule has 1 fully saturated rings. The van der Waals surface area contributed by atoms with Crippen LogP contribution in [0.15, 0.2) is 0 Å². The lowest BCUT2D eigenvalue weighted by Crippen LogP contribution is -2.68. The summed E-state index contributed by atoms with van der Waals surface area (Å²) >= 11 is 2.70. The molecule has 0 aromatic heterocycles. The van der Waals surface area contributed by atoms with Crippen LogP contribution in [0.5, 0.6) is 0 Å². The lowest BCUT2D eigenvalue weighted by molar-refractivity contribution is -0.255. The standard InChI is InChI=1S/C4H2F4I2/c5-3(6)1(9)2(10)4(3,7)8/h1-2H. The fourth-order valence-electron chi connectivity index (χ4n) is 0.639. The molecule has 1 rings (SSSR count). The first-order valence-corrected chi connectivity index (χ1v) is 4.84. The zero-order valence-corrected chi connectivity index (χ0v) is 8.74. The smallest absolute Gasteiger partial charge is 0.199 e. The van der Waals surface area contributed by atoms with E-state index in [9.17, 15) is 17.6 Å². The predicted octanol–water partition coefficient (Wildman–Crippen LogP) is 2.88. The molecule has 0 radical (unpaired) electrons. The van der Waals surface area contributed by atoms with E-state index in [-0.39, 0.29) is 0 Å². The number of alkyl halides is 6. The van der Waals surface area contributed by atoms with Gasteiger partial charge < -0.3 is 0 Å². The molecule has 0 aromatic carbocycles. The van der Waals surface area contributed by atoms with Gasteiger partial charge in [0.1, 0.15) is 0 Å². The number of hydrogen-bond acceptors (Lipinski definition) is 0. The van der Waals surface area contributed by atoms with Gasteiger partial charge in [-0.1, -0.05) is 45.2 Å². The van der Waals surface area contributed by atoms with Gasteiger partial charge in [-0.15, -0.1) is 0 Å². The summed E-state index contributed by atoms with van der Waals surface area (Å²) in [5.41, 5.74) is 0. The van der Waals surface area contributed by atoms with Crippen molar-refractivity contribution in [1.29, 1.82) is 0 Å². The number of hydrogen-bond donors (Lipinski definition) is 0. The third-order valence-corrected chi connectivity index (χ3v) is 5.77. The fourth-order valence-corrected chi connectivity index (χ4v) is 2.37. The number of halogens is 6. The van der Waals surface area contributed by atoms with E-state index in [0.717, 1.165) is 0 Å². The third-order valence-electron chi connectivity index (χ3n) is 1.39. The summed E-state index contributed by atoms with van der Waals surface area (Å²) in [6.45, 7) is 0. The lowest BCUT2D eigenvalue weighted by Gasteiger charge is -2.45. The van der Waals surface area contributed by atoms with Gasteiger partial charge >= 0.3 is 11.8 Å². The van der Waals surface area contributed by atoms with Gasteiger partial charge in [-0.25, -0.2) is 0 Å². The molecule has 0 saturated heterocycles. The van der Waals surface area contributed by atoms with Gasteiger partial charge in [-0.3, -0.25) is 0 Å². The minimum absolute atomic E-state index is 1.24. The van der Waals surface area contributed by atoms with Crippen molar-refractivity contribution in [3.63, 3.8) is 0 Å². The summed E-state index contributed by atoms with van der Waals surface area (Å²) in [5, 5.41) is 0. The maximum Gasteiger partial charge on any atom is 0.324 e. The summed E-state index contributed by atoms with van der Waals surface area (Å²) in [6, 6.07) is 0. The molecule has 1 aliphatic carbocycles. The maximum absolute atomic E-state index is 12.2. The van der Waals surface area contributed by atoms with Gasteiger partial charge in [-0.05, 0) is 0 Å². The van der Waals surface area contributed by atoms with E-state index in [2.05, 4.69) is 0 Å². The van der Waals surface area contributed by atoms with Crippen molar-refractivity contribution in [2.75, 3.05) is 0 Å². The SMILES string of the molecule is FC1(F)C(I)C(I)C1(F)F. The minimum atomic E-state index is -3.81. The second-order valence-electron chi connectivity index (χ2n) is 2.05. The van der Waals surface area contributed by atoms with E-state index >= 15 is 0 Å². The first-order chi connectivity index (χ1) is 4.32. The van der Waals surface area contributed by atoms with E-state index in [1.54, 1.807) is 0 Å². The molecule has 0 amide bonds. The molecular weight excluding hydrogens is 378 g/mol. The quantitative estimate of drug-likeness (QED) is 0.345. The zero-order chi connectivity index (χ0) is 8.15. The van der Waals surface area contributed by atoms with Crippen LogP contribution in [0.1, 0.15) is 0 Å². The summed E-state index contributed by atoms with van der Waals surface area (Å²) < 4.78 is 46.3. The van der Waals surface area contributed by atoms with Crippen molar-refractivity contribution in [2.45, 2.75) is 19.7 Å². The highest BCUT2D eigenvalue weighted by atomic mass is 127. The van der Waals surface area contributed by atoms with Crippen LogP contribution >= 0.6 is 45.2 Å². The Kier molecular flexibility index (Phi) is 2.16. The van der Waals surface area contributed by atoms with Crippen LogP contribution in [0.3, 0.4) is 0 Å². The molecule has 0 nitrogen and oxygen atoms in total. The molecule has 0 N–H and O–H groups in total. The molecule has 0 bridgehead atoms. The van der Waals surface area contributed by atoms with Gasteiger partial charge in [0.2, 0.25) is 0 Å². The van der Waals surface area contributed by atoms with Crippen molar-refractivity contribution in [3.8, 4) is 0 Å². The van der Waals surface area contributed by atoms with Crippen LogP contribution in [0.2, 0.25) is 0 Å². The Labute approximate surface area is 82.0 Å². The van der Waals surface area contributed by atoms with Crippen molar-refractivity contribution in [3.05, 3.63) is 0 Å². The maximum atomic E-state index is 12.2. The highest BCUT2D eigenvalue weighted by Gasteiger charge is 2.77. The second kappa shape index (κ2) is 2.33. The monoisotopic (exact) mass is 380 g/mol. The van der Waals surface area contributed by atoms with Gasteiger partial charge in [-0.2, -0.15) is 17.6 Å². The molecular formula is C4H2F4I2. The van der Waals surface area contributed by atoms with Gasteiger partial charge in [0, 0.05) is 0 Å². The van der Waals surface area contributed by atoms with Crippen LogP contribution in [0.25, 0.3) is 0 Å². The van der Waals surface area contributed by atoms with E-state index in [1.807, 2.05) is 0 Å². The minimum Gasteiger partial charge on any atom is -0.199 e. The Morgan fingerprint density at radius 2 is 1.00 bits per heavy atom. The van der Waals surface area contributed by atoms with Crippen LogP contribution in [-0.4, -0.2) is 19.7 Å². The Balaban J connectivity index is 2.82. The van der Waals surface area contributed by atoms with Crippen LogP contribution in [-0.2, 0) is 0 Å². The third kappa shape index (κ3) is 0.896. The summed E-state index contributed by atoms with van der Waals surface area (Å²) in [5.74, 6) is -7.61. The highest BCUT2D eigenvalue weighted by molar-refractivity contribution is 14.1. The molecule has 10 heavy (non-hydrogen) atoms. The molecule has 0 aliphatic heterocycles. The highest BCUT2D eigenvalue weighted by Crippen LogP contribution is 2.58. The van der Waals surface area contributed by atoms with Gasteiger partial charge in [0.05, 0.1) is 7.85 Å². The number of rotatable bonds is 0. The Morgan fingerprint density at radius 1 is 0.800 bits per heavy atom. The molecule has 1 saturated carbocycles. The molecule has 0 aromatic rings. The fraction of sp³-hybridized carbons (Fsp3) is 1.00. The van der Waals surface area contributed by atoms with Crippen molar-refractivity contribution in [1.82, 2.24) is 0 Å². The molecule has 2 atom stereocenters. The summed E-state index contributed by atoms with van der Waals surface area (Å²) in [7, 11) is 0. The summed E-state index contributed by atoms with van der Waals surface area (Å²) in [4.78, 5) is 0. The summed E-state index contributed by atoms with van der Waals surface area (Å²) in [6.07, 6.45) is 0. The van der Waals surface area contributed by atoms with Crippen LogP contribution in [0.4, 0.5) is 17.6 Å². The molecule has 6 heteroatoms. The molecule has 1 aliphatic rings. The van der Waals surface area contributed by atoms with Crippen LogP contribution < -0.4 is 0 Å². The first kappa shape index (κ1) is 9.27. The topological polar surface area (TPSA) is 0 Å². The van der Waals surface area contributed by atoms with Crippen molar-refractivity contribution < 1.29 is 17.6 Å². The van der Waals surface area contributed by atoms with Crippen molar-refractivity contribution >= 4 is 45.2 Å². The molecule has 0 spiro atoms. The van der Waals surface area contributed by atoms with E-state index in [0.29, 0.717) is 0 Å². The van der Waals surface area contributed by atoms with Gasteiger partial charge in [0.15, 0.2) is 0 Å². The lowest BCUT2D eigenvalue weighted by atomic mass is 9.89. The Morgan fingerprint density at radius 3 is 1.10 bits per heavy atom. The zero-order valence-electron chi connectivity index (χ0n) is 4.42. The van der Waals surface area contributed by atoms with Crippen molar-refractivity contribution in [2.24, 2.45) is 0 Å². The Hall–Kier alpha value is 1.18. The van der Waals surface area contributed by atoms with Gasteiger partial charge in [0.25, 0.3) is 0 Å². The molecule has 2 unspecified atom stereocenters. The van der Waals surface area contributed by atoms with Crippen LogP contribution in [0, 0.1) is 0 Å². The molecule has 60 valence electrons. The average Bonchev–Trinajstić information content (AvgIpc) is 1.84. The normalized spacial score (nSPS) is 42.6. The first-order valence-electron chi connectivity index (χ1n) is 2.35. The Bertz CT molecular complexity index is 139. The van der Waals surface area contributed by atoms with E-state index in [1.165, 1.54) is 45.2 Å². The largest absolute Gasteiger partial charge is 0.324 e. The second-order valence-corrected chi connectivity index (χ2v) is 4.73. The van der Waals surface area contributed by atoms with E-state index in [4.69, 9.17) is 0 Å².